The molecule has 0 unspecified atom stereocenters. The van der Waals surface area contributed by atoms with Gasteiger partial charge in [-0.25, -0.2) is 4.79 Å². The predicted octanol–water partition coefficient (Wildman–Crippen LogP) is 1.78. The minimum Gasteiger partial charge on any atom is -0.478 e. The van der Waals surface area contributed by atoms with Gasteiger partial charge in [-0.1, -0.05) is 11.6 Å². The fourth-order valence-corrected chi connectivity index (χ4v) is 0.938. The van der Waals surface area contributed by atoms with Gasteiger partial charge in [-0.3, -0.25) is 5.10 Å². The number of carboxylic acid groups (broad SMARTS) is 1. The number of carbonyl (C=O) groups is 1. The largest absolute Gasteiger partial charge is 0.478 e. The van der Waals surface area contributed by atoms with E-state index < -0.39 is 28.6 Å². The molecule has 0 atom stereocenters. The molecule has 0 radical (unpaired) electrons. The van der Waals surface area contributed by atoms with E-state index in [1.54, 1.807) is 0 Å². The highest BCUT2D eigenvalue weighted by atomic mass is 35.5. The topological polar surface area (TPSA) is 66.0 Å². The number of alkyl halides is 3. The SMILES string of the molecule is O=C(O)c1c(Cl)n[nH]c1C(F)(F)F. The summed E-state index contributed by atoms with van der Waals surface area (Å²) in [5, 5.41) is 12.1. The lowest BCUT2D eigenvalue weighted by atomic mass is 10.2. The van der Waals surface area contributed by atoms with Crippen LogP contribution < -0.4 is 0 Å². The molecule has 13 heavy (non-hydrogen) atoms. The summed E-state index contributed by atoms with van der Waals surface area (Å²) in [5.74, 6) is -1.77. The summed E-state index contributed by atoms with van der Waals surface area (Å²) >= 11 is 5.12. The van der Waals surface area contributed by atoms with Crippen LogP contribution in [0.5, 0.6) is 0 Å². The summed E-state index contributed by atoms with van der Waals surface area (Å²) in [6, 6.07) is 0. The van der Waals surface area contributed by atoms with Crippen molar-refractivity contribution in [2.45, 2.75) is 6.18 Å². The van der Waals surface area contributed by atoms with Crippen LogP contribution in [0.3, 0.4) is 0 Å². The van der Waals surface area contributed by atoms with Crippen LogP contribution in [-0.4, -0.2) is 21.3 Å². The van der Waals surface area contributed by atoms with E-state index in [0.717, 1.165) is 0 Å². The molecule has 4 nitrogen and oxygen atoms in total. The maximum atomic E-state index is 12.0. The molecule has 72 valence electrons. The first-order valence-corrected chi connectivity index (χ1v) is 3.26. The van der Waals surface area contributed by atoms with Crippen LogP contribution in [-0.2, 0) is 6.18 Å². The zero-order valence-corrected chi connectivity index (χ0v) is 6.57. The number of nitrogens with zero attached hydrogens (tertiary/aromatic N) is 1. The molecule has 0 aliphatic rings. The summed E-state index contributed by atoms with van der Waals surface area (Å²) in [7, 11) is 0. The molecule has 0 aliphatic carbocycles. The normalized spacial score (nSPS) is 11.7. The molecular weight excluding hydrogens is 213 g/mol. The molecule has 0 saturated heterocycles. The van der Waals surface area contributed by atoms with Gasteiger partial charge < -0.3 is 5.11 Å². The standard InChI is InChI=1S/C5H2ClF3N2O2/c6-3-1(4(12)13)2(10-11-3)5(7,8)9/h(H,10,11)(H,12,13). The Morgan fingerprint density at radius 2 is 2.08 bits per heavy atom. The molecule has 0 bridgehead atoms. The van der Waals surface area contributed by atoms with E-state index in [1.165, 1.54) is 5.10 Å². The molecule has 0 saturated carbocycles. The van der Waals surface area contributed by atoms with Gasteiger partial charge in [0.15, 0.2) is 10.8 Å². The van der Waals surface area contributed by atoms with Crippen LogP contribution in [0.25, 0.3) is 0 Å². The maximum Gasteiger partial charge on any atom is 0.433 e. The van der Waals surface area contributed by atoms with E-state index in [2.05, 4.69) is 5.10 Å². The molecule has 0 spiro atoms. The summed E-state index contributed by atoms with van der Waals surface area (Å²) in [6.45, 7) is 0. The first-order chi connectivity index (χ1) is 5.84. The van der Waals surface area contributed by atoms with Crippen LogP contribution in [0, 0.1) is 0 Å². The van der Waals surface area contributed by atoms with E-state index in [-0.39, 0.29) is 0 Å². The summed E-state index contributed by atoms with van der Waals surface area (Å²) in [5.41, 5.74) is -2.51. The van der Waals surface area contributed by atoms with Crippen molar-refractivity contribution in [1.82, 2.24) is 10.2 Å². The Morgan fingerprint density at radius 1 is 1.54 bits per heavy atom. The zero-order valence-electron chi connectivity index (χ0n) is 5.81. The van der Waals surface area contributed by atoms with Crippen molar-refractivity contribution in [2.75, 3.05) is 0 Å². The summed E-state index contributed by atoms with van der Waals surface area (Å²) in [6.07, 6.45) is -4.80. The number of H-pyrrole nitrogens is 1. The lowest BCUT2D eigenvalue weighted by molar-refractivity contribution is -0.141. The molecule has 2 N–H and O–H groups in total. The van der Waals surface area contributed by atoms with Crippen molar-refractivity contribution in [3.63, 3.8) is 0 Å². The molecule has 0 amide bonds. The lowest BCUT2D eigenvalue weighted by Gasteiger charge is -2.03. The van der Waals surface area contributed by atoms with Gasteiger partial charge in [0.25, 0.3) is 0 Å². The molecule has 1 rings (SSSR count). The van der Waals surface area contributed by atoms with Crippen LogP contribution in [0.15, 0.2) is 0 Å². The number of aromatic nitrogens is 2. The van der Waals surface area contributed by atoms with Gasteiger partial charge in [-0.2, -0.15) is 18.3 Å². The van der Waals surface area contributed by atoms with Gasteiger partial charge >= 0.3 is 12.1 Å². The van der Waals surface area contributed by atoms with Crippen LogP contribution in [0.4, 0.5) is 13.2 Å². The van der Waals surface area contributed by atoms with Crippen LogP contribution in [0.1, 0.15) is 16.1 Å². The van der Waals surface area contributed by atoms with Gasteiger partial charge in [0, 0.05) is 0 Å². The number of nitrogens with one attached hydrogen (secondary N) is 1. The van der Waals surface area contributed by atoms with Crippen molar-refractivity contribution in [1.29, 1.82) is 0 Å². The molecule has 0 aromatic carbocycles. The molecule has 8 heteroatoms. The van der Waals surface area contributed by atoms with Crippen molar-refractivity contribution in [3.8, 4) is 0 Å². The summed E-state index contributed by atoms with van der Waals surface area (Å²) < 4.78 is 36.1. The second-order valence-corrected chi connectivity index (χ2v) is 2.43. The van der Waals surface area contributed by atoms with Crippen molar-refractivity contribution >= 4 is 17.6 Å². The first-order valence-electron chi connectivity index (χ1n) is 2.88. The Balaban J connectivity index is 3.31. The number of halogens is 4. The minimum atomic E-state index is -4.80. The Labute approximate surface area is 74.3 Å². The number of aromatic amines is 1. The van der Waals surface area contributed by atoms with Gasteiger partial charge in [-0.05, 0) is 0 Å². The number of aromatic carboxylic acids is 1. The van der Waals surface area contributed by atoms with E-state index in [1.807, 2.05) is 0 Å². The highest BCUT2D eigenvalue weighted by molar-refractivity contribution is 6.32. The smallest absolute Gasteiger partial charge is 0.433 e. The number of hydrogen-bond donors (Lipinski definition) is 2. The molecule has 0 fully saturated rings. The Bertz CT molecular complexity index is 346. The monoisotopic (exact) mass is 214 g/mol. The van der Waals surface area contributed by atoms with Crippen molar-refractivity contribution < 1.29 is 23.1 Å². The fraction of sp³-hybridized carbons (Fsp3) is 0.200. The van der Waals surface area contributed by atoms with Crippen LogP contribution in [0.2, 0.25) is 5.15 Å². The molecule has 1 heterocycles. The molecule has 0 aliphatic heterocycles. The third-order valence-electron chi connectivity index (χ3n) is 1.22. The lowest BCUT2D eigenvalue weighted by Crippen LogP contribution is -2.12. The Kier molecular flexibility index (Phi) is 2.21. The number of carboxylic acids is 1. The van der Waals surface area contributed by atoms with Gasteiger partial charge in [0.05, 0.1) is 0 Å². The third-order valence-corrected chi connectivity index (χ3v) is 1.49. The van der Waals surface area contributed by atoms with E-state index >= 15 is 0 Å². The number of rotatable bonds is 1. The predicted molar refractivity (Wildman–Crippen MR) is 35.6 cm³/mol. The molecule has 1 aromatic rings. The minimum absolute atomic E-state index is 0.708. The van der Waals surface area contributed by atoms with Gasteiger partial charge in [-0.15, -0.1) is 0 Å². The van der Waals surface area contributed by atoms with Crippen LogP contribution >= 0.6 is 11.6 Å². The summed E-state index contributed by atoms with van der Waals surface area (Å²) in [4.78, 5) is 10.3. The molecule has 1 aromatic heterocycles. The van der Waals surface area contributed by atoms with Crippen molar-refractivity contribution in [3.05, 3.63) is 16.4 Å². The van der Waals surface area contributed by atoms with Gasteiger partial charge in [0.2, 0.25) is 0 Å². The Hall–Kier alpha value is -1.24. The first kappa shape index (κ1) is 9.85. The second kappa shape index (κ2) is 2.91. The van der Waals surface area contributed by atoms with Gasteiger partial charge in [0.1, 0.15) is 5.56 Å². The second-order valence-electron chi connectivity index (χ2n) is 2.07. The average molecular weight is 215 g/mol. The maximum absolute atomic E-state index is 12.0. The highest BCUT2D eigenvalue weighted by Crippen LogP contribution is 2.32. The Morgan fingerprint density at radius 3 is 2.38 bits per heavy atom. The number of hydrogen-bond acceptors (Lipinski definition) is 2. The van der Waals surface area contributed by atoms with E-state index in [9.17, 15) is 18.0 Å². The molecular formula is C5H2ClF3N2O2. The quantitative estimate of drug-likeness (QED) is 0.749. The third kappa shape index (κ3) is 1.74. The van der Waals surface area contributed by atoms with E-state index in [4.69, 9.17) is 16.7 Å². The van der Waals surface area contributed by atoms with E-state index in [0.29, 0.717) is 0 Å². The zero-order chi connectivity index (χ0) is 10.2. The highest BCUT2D eigenvalue weighted by Gasteiger charge is 2.39. The fourth-order valence-electron chi connectivity index (χ4n) is 0.720. The van der Waals surface area contributed by atoms with Crippen molar-refractivity contribution in [2.24, 2.45) is 0 Å². The average Bonchev–Trinajstić information content (AvgIpc) is 2.28.